The van der Waals surface area contributed by atoms with Crippen molar-refractivity contribution in [2.24, 2.45) is 0 Å². The van der Waals surface area contributed by atoms with E-state index in [0.29, 0.717) is 11.5 Å². The maximum atomic E-state index is 11.7. The van der Waals surface area contributed by atoms with Gasteiger partial charge in [0, 0.05) is 11.8 Å². The number of rotatable bonds is 5. The number of thioether (sulfide) groups is 1. The highest BCUT2D eigenvalue weighted by molar-refractivity contribution is 8.01. The molecule has 1 aromatic carbocycles. The fourth-order valence-corrected chi connectivity index (χ4v) is 2.54. The van der Waals surface area contributed by atoms with Gasteiger partial charge in [-0.1, -0.05) is 29.2 Å². The van der Waals surface area contributed by atoms with Crippen molar-refractivity contribution in [3.05, 3.63) is 29.8 Å². The van der Waals surface area contributed by atoms with Crippen molar-refractivity contribution in [2.45, 2.75) is 4.34 Å². The molecular weight excluding hydrogens is 270 g/mol. The molecule has 1 heterocycles. The van der Waals surface area contributed by atoms with E-state index in [0.717, 1.165) is 10.0 Å². The molecule has 0 fully saturated rings. The summed E-state index contributed by atoms with van der Waals surface area (Å²) >= 11 is 2.78. The first-order valence-corrected chi connectivity index (χ1v) is 6.97. The number of nitrogens with one attached hydrogen (secondary N) is 1. The Kier molecular flexibility index (Phi) is 4.54. The second-order valence-corrected chi connectivity index (χ2v) is 5.33. The SMILES string of the molecule is COc1cccc(NC(=O)CSc2nncs2)c1. The molecule has 0 bridgehead atoms. The largest absolute Gasteiger partial charge is 0.497 e. The van der Waals surface area contributed by atoms with E-state index < -0.39 is 0 Å². The maximum Gasteiger partial charge on any atom is 0.234 e. The number of amides is 1. The number of carbonyl (C=O) groups is 1. The minimum Gasteiger partial charge on any atom is -0.497 e. The first kappa shape index (κ1) is 12.8. The summed E-state index contributed by atoms with van der Waals surface area (Å²) in [5.41, 5.74) is 2.36. The van der Waals surface area contributed by atoms with Crippen molar-refractivity contribution < 1.29 is 9.53 Å². The van der Waals surface area contributed by atoms with Crippen LogP contribution in [0.25, 0.3) is 0 Å². The smallest absolute Gasteiger partial charge is 0.234 e. The molecule has 0 saturated carbocycles. The molecule has 0 atom stereocenters. The molecule has 0 aliphatic heterocycles. The van der Waals surface area contributed by atoms with Gasteiger partial charge in [-0.3, -0.25) is 4.79 Å². The Bertz CT molecular complexity index is 517. The third-order valence-corrected chi connectivity index (χ3v) is 3.88. The van der Waals surface area contributed by atoms with Gasteiger partial charge in [-0.05, 0) is 12.1 Å². The van der Waals surface area contributed by atoms with Crippen LogP contribution in [0.5, 0.6) is 5.75 Å². The van der Waals surface area contributed by atoms with Crippen molar-refractivity contribution in [3.63, 3.8) is 0 Å². The molecule has 0 saturated heterocycles. The minimum atomic E-state index is -0.0801. The van der Waals surface area contributed by atoms with Crippen LogP contribution in [0.3, 0.4) is 0 Å². The monoisotopic (exact) mass is 281 g/mol. The highest BCUT2D eigenvalue weighted by atomic mass is 32.2. The van der Waals surface area contributed by atoms with Crippen LogP contribution in [0.15, 0.2) is 34.1 Å². The number of hydrogen-bond acceptors (Lipinski definition) is 6. The van der Waals surface area contributed by atoms with Gasteiger partial charge < -0.3 is 10.1 Å². The second-order valence-electron chi connectivity index (χ2n) is 3.27. The van der Waals surface area contributed by atoms with E-state index in [1.54, 1.807) is 18.7 Å². The van der Waals surface area contributed by atoms with Crippen molar-refractivity contribution in [3.8, 4) is 5.75 Å². The lowest BCUT2D eigenvalue weighted by Crippen LogP contribution is -2.13. The first-order valence-electron chi connectivity index (χ1n) is 5.11. The first-order chi connectivity index (χ1) is 8.78. The normalized spacial score (nSPS) is 10.1. The molecule has 0 unspecified atom stereocenters. The predicted octanol–water partition coefficient (Wildman–Crippen LogP) is 2.28. The Morgan fingerprint density at radius 3 is 3.17 bits per heavy atom. The molecule has 2 aromatic rings. The number of nitrogens with zero attached hydrogens (tertiary/aromatic N) is 2. The number of anilines is 1. The van der Waals surface area contributed by atoms with Crippen LogP contribution in [0.4, 0.5) is 5.69 Å². The zero-order valence-corrected chi connectivity index (χ0v) is 11.3. The van der Waals surface area contributed by atoms with Crippen molar-refractivity contribution >= 4 is 34.7 Å². The van der Waals surface area contributed by atoms with Crippen LogP contribution >= 0.6 is 23.1 Å². The molecular formula is C11H11N3O2S2. The van der Waals surface area contributed by atoms with E-state index in [9.17, 15) is 4.79 Å². The zero-order chi connectivity index (χ0) is 12.8. The molecule has 7 heteroatoms. The molecule has 5 nitrogen and oxygen atoms in total. The number of hydrogen-bond donors (Lipinski definition) is 1. The number of ether oxygens (including phenoxy) is 1. The Labute approximate surface area is 113 Å². The molecule has 0 radical (unpaired) electrons. The summed E-state index contributed by atoms with van der Waals surface area (Å²) in [6.45, 7) is 0. The van der Waals surface area contributed by atoms with Gasteiger partial charge >= 0.3 is 0 Å². The van der Waals surface area contributed by atoms with Gasteiger partial charge in [0.05, 0.1) is 12.9 Å². The Hall–Kier alpha value is -1.60. The van der Waals surface area contributed by atoms with Crippen LogP contribution in [-0.4, -0.2) is 29.0 Å². The molecule has 18 heavy (non-hydrogen) atoms. The van der Waals surface area contributed by atoms with Gasteiger partial charge in [-0.25, -0.2) is 0 Å². The topological polar surface area (TPSA) is 64.1 Å². The van der Waals surface area contributed by atoms with E-state index in [2.05, 4.69) is 15.5 Å². The molecule has 0 aliphatic carbocycles. The Morgan fingerprint density at radius 1 is 1.56 bits per heavy atom. The van der Waals surface area contributed by atoms with Crippen molar-refractivity contribution in [1.29, 1.82) is 0 Å². The van der Waals surface area contributed by atoms with Crippen LogP contribution in [0.2, 0.25) is 0 Å². The number of methoxy groups -OCH3 is 1. The molecule has 0 spiro atoms. The molecule has 1 amide bonds. The molecule has 1 N–H and O–H groups in total. The van der Waals surface area contributed by atoms with E-state index in [-0.39, 0.29) is 5.91 Å². The summed E-state index contributed by atoms with van der Waals surface area (Å²) in [5, 5.41) is 10.4. The van der Waals surface area contributed by atoms with Gasteiger partial charge in [0.15, 0.2) is 4.34 Å². The van der Waals surface area contributed by atoms with Crippen molar-refractivity contribution in [2.75, 3.05) is 18.2 Å². The van der Waals surface area contributed by atoms with Crippen LogP contribution in [-0.2, 0) is 4.79 Å². The standard InChI is InChI=1S/C11H11N3O2S2/c1-16-9-4-2-3-8(5-9)13-10(15)6-17-11-14-12-7-18-11/h2-5,7H,6H2,1H3,(H,13,15). The van der Waals surface area contributed by atoms with Gasteiger partial charge in [0.2, 0.25) is 5.91 Å². The van der Waals surface area contributed by atoms with Gasteiger partial charge in [0.25, 0.3) is 0 Å². The second kappa shape index (κ2) is 6.36. The molecule has 2 rings (SSSR count). The minimum absolute atomic E-state index is 0.0801. The lowest BCUT2D eigenvalue weighted by molar-refractivity contribution is -0.113. The molecule has 0 aliphatic rings. The quantitative estimate of drug-likeness (QED) is 0.852. The Morgan fingerprint density at radius 2 is 2.44 bits per heavy atom. The predicted molar refractivity (Wildman–Crippen MR) is 72.3 cm³/mol. The average molecular weight is 281 g/mol. The van der Waals surface area contributed by atoms with Crippen LogP contribution in [0, 0.1) is 0 Å². The summed E-state index contributed by atoms with van der Waals surface area (Å²) in [5.74, 6) is 0.944. The van der Waals surface area contributed by atoms with Gasteiger partial charge in [0.1, 0.15) is 11.3 Å². The lowest BCUT2D eigenvalue weighted by atomic mass is 10.3. The fourth-order valence-electron chi connectivity index (χ4n) is 1.25. The average Bonchev–Trinajstić information content (AvgIpc) is 2.90. The van der Waals surface area contributed by atoms with Crippen LogP contribution in [0.1, 0.15) is 0 Å². The summed E-state index contributed by atoms with van der Waals surface area (Å²) in [6.07, 6.45) is 0. The summed E-state index contributed by atoms with van der Waals surface area (Å²) in [6, 6.07) is 7.24. The number of carbonyl (C=O) groups excluding carboxylic acids is 1. The van der Waals surface area contributed by atoms with E-state index in [1.165, 1.54) is 23.1 Å². The molecule has 1 aromatic heterocycles. The zero-order valence-electron chi connectivity index (χ0n) is 9.62. The van der Waals surface area contributed by atoms with Crippen molar-refractivity contribution in [1.82, 2.24) is 10.2 Å². The van der Waals surface area contributed by atoms with E-state index >= 15 is 0 Å². The molecule has 94 valence electrons. The fraction of sp³-hybridized carbons (Fsp3) is 0.182. The summed E-state index contributed by atoms with van der Waals surface area (Å²) < 4.78 is 5.87. The van der Waals surface area contributed by atoms with E-state index in [1.807, 2.05) is 18.2 Å². The van der Waals surface area contributed by atoms with E-state index in [4.69, 9.17) is 4.74 Å². The number of aromatic nitrogens is 2. The highest BCUT2D eigenvalue weighted by Crippen LogP contribution is 2.20. The summed E-state index contributed by atoms with van der Waals surface area (Å²) in [4.78, 5) is 11.7. The maximum absolute atomic E-state index is 11.7. The Balaban J connectivity index is 1.86. The lowest BCUT2D eigenvalue weighted by Gasteiger charge is -2.06. The summed E-state index contributed by atoms with van der Waals surface area (Å²) in [7, 11) is 1.59. The number of benzene rings is 1. The third-order valence-electron chi connectivity index (χ3n) is 2.02. The van der Waals surface area contributed by atoms with Crippen LogP contribution < -0.4 is 10.1 Å². The van der Waals surface area contributed by atoms with Gasteiger partial charge in [-0.2, -0.15) is 0 Å². The van der Waals surface area contributed by atoms with Gasteiger partial charge in [-0.15, -0.1) is 10.2 Å². The third kappa shape index (κ3) is 3.71. The highest BCUT2D eigenvalue weighted by Gasteiger charge is 2.06.